The molecule has 0 aromatic heterocycles. The van der Waals surface area contributed by atoms with E-state index in [9.17, 15) is 13.6 Å². The molecule has 1 fully saturated rings. The van der Waals surface area contributed by atoms with Crippen LogP contribution in [-0.4, -0.2) is 5.91 Å². The summed E-state index contributed by atoms with van der Waals surface area (Å²) in [6.07, 6.45) is 2.04. The van der Waals surface area contributed by atoms with Gasteiger partial charge in [-0.15, -0.1) is 0 Å². The zero-order valence-corrected chi connectivity index (χ0v) is 12.4. The standard InChI is InChI=1S/C17H14ClF2NO/c18-13-5-3-11(4-6-13)16(10-1-2-10)21-17(22)12-7-14(19)9-15(20)8-12/h3-10,16H,1-2H2,(H,21,22)/t16-/m1/s1. The first kappa shape index (κ1) is 15.0. The Hall–Kier alpha value is -1.94. The molecule has 1 atom stereocenters. The van der Waals surface area contributed by atoms with E-state index in [0.29, 0.717) is 10.9 Å². The molecule has 1 saturated carbocycles. The summed E-state index contributed by atoms with van der Waals surface area (Å²) in [4.78, 5) is 12.3. The van der Waals surface area contributed by atoms with Crippen molar-refractivity contribution in [3.05, 3.63) is 70.2 Å². The Bertz CT molecular complexity index is 678. The van der Waals surface area contributed by atoms with Gasteiger partial charge in [-0.2, -0.15) is 0 Å². The minimum Gasteiger partial charge on any atom is -0.345 e. The van der Waals surface area contributed by atoms with Gasteiger partial charge in [-0.1, -0.05) is 23.7 Å². The molecule has 2 aromatic carbocycles. The van der Waals surface area contributed by atoms with Crippen LogP contribution in [0.5, 0.6) is 0 Å². The van der Waals surface area contributed by atoms with Gasteiger partial charge in [-0.3, -0.25) is 4.79 Å². The van der Waals surface area contributed by atoms with E-state index >= 15 is 0 Å². The molecule has 114 valence electrons. The summed E-state index contributed by atoms with van der Waals surface area (Å²) in [5.41, 5.74) is 0.925. The van der Waals surface area contributed by atoms with E-state index in [1.54, 1.807) is 12.1 Å². The fourth-order valence-electron chi connectivity index (χ4n) is 2.48. The summed E-state index contributed by atoms with van der Waals surface area (Å²) in [7, 11) is 0. The summed E-state index contributed by atoms with van der Waals surface area (Å²) >= 11 is 5.88. The second-order valence-electron chi connectivity index (χ2n) is 5.50. The van der Waals surface area contributed by atoms with Gasteiger partial charge < -0.3 is 5.32 Å². The molecule has 2 nitrogen and oxygen atoms in total. The lowest BCUT2D eigenvalue weighted by molar-refractivity contribution is 0.0930. The fourth-order valence-corrected chi connectivity index (χ4v) is 2.61. The third-order valence-electron chi connectivity index (χ3n) is 3.73. The number of halogens is 3. The number of carbonyl (C=O) groups excluding carboxylic acids is 1. The Balaban J connectivity index is 1.81. The Morgan fingerprint density at radius 2 is 1.68 bits per heavy atom. The van der Waals surface area contributed by atoms with Crippen LogP contribution in [-0.2, 0) is 0 Å². The summed E-state index contributed by atoms with van der Waals surface area (Å²) in [5.74, 6) is -1.66. The molecular weight excluding hydrogens is 308 g/mol. The smallest absolute Gasteiger partial charge is 0.251 e. The van der Waals surface area contributed by atoms with Crippen LogP contribution in [0.2, 0.25) is 5.02 Å². The van der Waals surface area contributed by atoms with Gasteiger partial charge in [0.05, 0.1) is 6.04 Å². The van der Waals surface area contributed by atoms with Crippen molar-refractivity contribution in [2.45, 2.75) is 18.9 Å². The van der Waals surface area contributed by atoms with Crippen LogP contribution >= 0.6 is 11.6 Å². The molecule has 1 aliphatic carbocycles. The van der Waals surface area contributed by atoms with Crippen molar-refractivity contribution in [2.24, 2.45) is 5.92 Å². The van der Waals surface area contributed by atoms with Crippen molar-refractivity contribution >= 4 is 17.5 Å². The zero-order valence-electron chi connectivity index (χ0n) is 11.7. The second kappa shape index (κ2) is 6.05. The van der Waals surface area contributed by atoms with E-state index in [4.69, 9.17) is 11.6 Å². The normalized spacial score (nSPS) is 15.4. The van der Waals surface area contributed by atoms with Gasteiger partial charge in [0.15, 0.2) is 0 Å². The van der Waals surface area contributed by atoms with Crippen molar-refractivity contribution in [2.75, 3.05) is 0 Å². The number of hydrogen-bond acceptors (Lipinski definition) is 1. The number of hydrogen-bond donors (Lipinski definition) is 1. The highest BCUT2D eigenvalue weighted by molar-refractivity contribution is 6.30. The molecule has 1 aliphatic rings. The molecule has 0 bridgehead atoms. The minimum absolute atomic E-state index is 0.0166. The molecule has 0 unspecified atom stereocenters. The summed E-state index contributed by atoms with van der Waals surface area (Å²) in [6.45, 7) is 0. The summed E-state index contributed by atoms with van der Waals surface area (Å²) in [5, 5.41) is 3.49. The van der Waals surface area contributed by atoms with E-state index < -0.39 is 17.5 Å². The average Bonchev–Trinajstić information content (AvgIpc) is 3.29. The van der Waals surface area contributed by atoms with Crippen molar-refractivity contribution in [3.63, 3.8) is 0 Å². The molecule has 0 heterocycles. The van der Waals surface area contributed by atoms with Crippen molar-refractivity contribution in [1.82, 2.24) is 5.32 Å². The lowest BCUT2D eigenvalue weighted by Crippen LogP contribution is -2.30. The molecule has 0 aliphatic heterocycles. The first-order valence-corrected chi connectivity index (χ1v) is 7.43. The largest absolute Gasteiger partial charge is 0.345 e. The van der Waals surface area contributed by atoms with Crippen LogP contribution < -0.4 is 5.32 Å². The van der Waals surface area contributed by atoms with Gasteiger partial charge in [0.25, 0.3) is 5.91 Å². The topological polar surface area (TPSA) is 29.1 Å². The molecule has 1 amide bonds. The van der Waals surface area contributed by atoms with E-state index in [0.717, 1.165) is 36.6 Å². The Kier molecular flexibility index (Phi) is 4.12. The highest BCUT2D eigenvalue weighted by Crippen LogP contribution is 2.41. The maximum Gasteiger partial charge on any atom is 0.251 e. The highest BCUT2D eigenvalue weighted by Gasteiger charge is 2.33. The predicted molar refractivity (Wildman–Crippen MR) is 80.7 cm³/mol. The maximum absolute atomic E-state index is 13.2. The monoisotopic (exact) mass is 321 g/mol. The third kappa shape index (κ3) is 3.45. The molecule has 0 spiro atoms. The highest BCUT2D eigenvalue weighted by atomic mass is 35.5. The lowest BCUT2D eigenvalue weighted by Gasteiger charge is -2.19. The average molecular weight is 322 g/mol. The van der Waals surface area contributed by atoms with Crippen molar-refractivity contribution < 1.29 is 13.6 Å². The van der Waals surface area contributed by atoms with Gasteiger partial charge in [0.1, 0.15) is 11.6 Å². The van der Waals surface area contributed by atoms with Gasteiger partial charge in [0.2, 0.25) is 0 Å². The quantitative estimate of drug-likeness (QED) is 0.882. The third-order valence-corrected chi connectivity index (χ3v) is 3.99. The van der Waals surface area contributed by atoms with E-state index in [1.165, 1.54) is 0 Å². The Labute approximate surface area is 132 Å². The van der Waals surface area contributed by atoms with Crippen LogP contribution in [0, 0.1) is 17.6 Å². The fraction of sp³-hybridized carbons (Fsp3) is 0.235. The minimum atomic E-state index is -0.764. The summed E-state index contributed by atoms with van der Waals surface area (Å²) in [6, 6.07) is 9.88. The van der Waals surface area contributed by atoms with Gasteiger partial charge >= 0.3 is 0 Å². The first-order chi connectivity index (χ1) is 10.5. The van der Waals surface area contributed by atoms with E-state index in [-0.39, 0.29) is 11.6 Å². The van der Waals surface area contributed by atoms with Crippen LogP contribution in [0.4, 0.5) is 8.78 Å². The second-order valence-corrected chi connectivity index (χ2v) is 5.93. The Morgan fingerprint density at radius 3 is 2.23 bits per heavy atom. The van der Waals surface area contributed by atoms with Crippen molar-refractivity contribution in [1.29, 1.82) is 0 Å². The lowest BCUT2D eigenvalue weighted by atomic mass is 10.0. The van der Waals surface area contributed by atoms with Crippen LogP contribution in [0.3, 0.4) is 0 Å². The predicted octanol–water partition coefficient (Wildman–Crippen LogP) is 4.50. The number of nitrogens with one attached hydrogen (secondary N) is 1. The van der Waals surface area contributed by atoms with Crippen LogP contribution in [0.1, 0.15) is 34.8 Å². The van der Waals surface area contributed by atoms with Gasteiger partial charge in [-0.05, 0) is 48.6 Å². The molecule has 0 radical (unpaired) electrons. The van der Waals surface area contributed by atoms with Gasteiger partial charge in [0, 0.05) is 16.7 Å². The SMILES string of the molecule is O=C(N[C@@H](c1ccc(Cl)cc1)C1CC1)c1cc(F)cc(F)c1. The molecule has 3 rings (SSSR count). The Morgan fingerprint density at radius 1 is 1.09 bits per heavy atom. The summed E-state index contributed by atoms with van der Waals surface area (Å²) < 4.78 is 26.5. The molecular formula is C17H14ClF2NO. The molecule has 0 saturated heterocycles. The maximum atomic E-state index is 13.2. The van der Waals surface area contributed by atoms with E-state index in [1.807, 2.05) is 12.1 Å². The first-order valence-electron chi connectivity index (χ1n) is 7.05. The zero-order chi connectivity index (χ0) is 15.7. The van der Waals surface area contributed by atoms with Gasteiger partial charge in [-0.25, -0.2) is 8.78 Å². The van der Waals surface area contributed by atoms with Crippen LogP contribution in [0.15, 0.2) is 42.5 Å². The van der Waals surface area contributed by atoms with Crippen molar-refractivity contribution in [3.8, 4) is 0 Å². The number of rotatable bonds is 4. The number of benzene rings is 2. The molecule has 2 aromatic rings. The van der Waals surface area contributed by atoms with Crippen LogP contribution in [0.25, 0.3) is 0 Å². The number of amides is 1. The van der Waals surface area contributed by atoms with E-state index in [2.05, 4.69) is 5.32 Å². The number of carbonyl (C=O) groups is 1. The molecule has 1 N–H and O–H groups in total. The molecule has 22 heavy (non-hydrogen) atoms. The molecule has 5 heteroatoms.